The minimum atomic E-state index is -0.487. The highest BCUT2D eigenvalue weighted by Crippen LogP contribution is 2.53. The number of aliphatic imine (C=N–C) groups is 1. The van der Waals surface area contributed by atoms with E-state index >= 15 is 0 Å². The van der Waals surface area contributed by atoms with Crippen molar-refractivity contribution in [2.45, 2.75) is 18.5 Å². The van der Waals surface area contributed by atoms with E-state index in [1.807, 2.05) is 0 Å². The highest BCUT2D eigenvalue weighted by Gasteiger charge is 2.47. The molecule has 0 amide bonds. The van der Waals surface area contributed by atoms with Crippen LogP contribution >= 0.6 is 0 Å². The second-order valence-electron chi connectivity index (χ2n) is 7.24. The molecule has 120 valence electrons. The van der Waals surface area contributed by atoms with E-state index in [0.29, 0.717) is 5.92 Å². The van der Waals surface area contributed by atoms with Crippen molar-refractivity contribution in [3.63, 3.8) is 0 Å². The van der Waals surface area contributed by atoms with Gasteiger partial charge in [-0.1, -0.05) is 66.7 Å². The summed E-state index contributed by atoms with van der Waals surface area (Å²) in [7, 11) is 0. The molecule has 0 atom stereocenters. The van der Waals surface area contributed by atoms with Crippen molar-refractivity contribution in [1.82, 2.24) is 0 Å². The van der Waals surface area contributed by atoms with E-state index in [4.69, 9.17) is 4.99 Å². The Morgan fingerprint density at radius 1 is 0.720 bits per heavy atom. The molecule has 0 aromatic heterocycles. The first-order chi connectivity index (χ1) is 12.4. The maximum absolute atomic E-state index is 5.40. The number of hydrogen-bond donors (Lipinski definition) is 1. The van der Waals surface area contributed by atoms with Crippen LogP contribution in [0.2, 0.25) is 0 Å². The van der Waals surface area contributed by atoms with Crippen molar-refractivity contribution in [2.24, 2.45) is 10.9 Å². The summed E-state index contributed by atoms with van der Waals surface area (Å²) in [5.74, 6) is 0.611. The van der Waals surface area contributed by atoms with Crippen LogP contribution in [-0.2, 0) is 5.66 Å². The number of nitrogens with one attached hydrogen (secondary N) is 1. The molecule has 1 aliphatic heterocycles. The molecule has 6 rings (SSSR count). The highest BCUT2D eigenvalue weighted by molar-refractivity contribution is 6.10. The summed E-state index contributed by atoms with van der Waals surface area (Å²) >= 11 is 0. The Labute approximate surface area is 147 Å². The smallest absolute Gasteiger partial charge is 0.183 e. The highest BCUT2D eigenvalue weighted by atomic mass is 15.2. The van der Waals surface area contributed by atoms with Gasteiger partial charge in [-0.3, -0.25) is 4.99 Å². The molecule has 2 nitrogen and oxygen atoms in total. The Morgan fingerprint density at radius 3 is 1.92 bits per heavy atom. The number of nitrogens with zero attached hydrogens (tertiary/aromatic N) is 1. The summed E-state index contributed by atoms with van der Waals surface area (Å²) in [5, 5.41) is 3.81. The van der Waals surface area contributed by atoms with Crippen molar-refractivity contribution in [3.05, 3.63) is 89.5 Å². The van der Waals surface area contributed by atoms with Gasteiger partial charge in [0.1, 0.15) is 0 Å². The van der Waals surface area contributed by atoms with Crippen molar-refractivity contribution in [2.75, 3.05) is 5.32 Å². The molecule has 1 fully saturated rings. The molecule has 3 aliphatic rings. The number of anilines is 1. The lowest BCUT2D eigenvalue weighted by molar-refractivity contribution is 0.633. The van der Waals surface area contributed by atoms with Crippen LogP contribution in [0.4, 0.5) is 5.69 Å². The minimum absolute atomic E-state index is 0.487. The normalized spacial score (nSPS) is 18.8. The fraction of sp³-hybridized carbons (Fsp3) is 0.174. The maximum Gasteiger partial charge on any atom is 0.183 e. The van der Waals surface area contributed by atoms with Crippen LogP contribution < -0.4 is 5.32 Å². The van der Waals surface area contributed by atoms with Crippen LogP contribution in [0.1, 0.15) is 29.5 Å². The number of para-hydroxylation sites is 1. The van der Waals surface area contributed by atoms with Gasteiger partial charge in [-0.15, -0.1) is 0 Å². The molecule has 3 aromatic rings. The Bertz CT molecular complexity index is 998. The number of fused-ring (bicyclic) bond motifs is 6. The molecule has 0 unspecified atom stereocenters. The third kappa shape index (κ3) is 1.72. The summed E-state index contributed by atoms with van der Waals surface area (Å²) in [5.41, 5.74) is 8.39. The van der Waals surface area contributed by atoms with Gasteiger partial charge in [-0.2, -0.15) is 0 Å². The molecule has 0 saturated heterocycles. The summed E-state index contributed by atoms with van der Waals surface area (Å²) < 4.78 is 0. The molecular formula is C23H18N2. The van der Waals surface area contributed by atoms with Crippen LogP contribution in [0.15, 0.2) is 77.8 Å². The van der Waals surface area contributed by atoms with E-state index in [9.17, 15) is 0 Å². The average molecular weight is 322 g/mol. The molecule has 0 bridgehead atoms. The average Bonchev–Trinajstić information content (AvgIpc) is 3.49. The lowest BCUT2D eigenvalue weighted by Crippen LogP contribution is -2.38. The van der Waals surface area contributed by atoms with Gasteiger partial charge in [0.05, 0.1) is 5.71 Å². The van der Waals surface area contributed by atoms with Gasteiger partial charge >= 0.3 is 0 Å². The van der Waals surface area contributed by atoms with E-state index in [2.05, 4.69) is 78.1 Å². The lowest BCUT2D eigenvalue weighted by atomic mass is 9.91. The fourth-order valence-corrected chi connectivity index (χ4v) is 4.41. The molecule has 2 aliphatic carbocycles. The summed E-state index contributed by atoms with van der Waals surface area (Å²) in [6.45, 7) is 0. The maximum atomic E-state index is 5.40. The summed E-state index contributed by atoms with van der Waals surface area (Å²) in [4.78, 5) is 5.40. The lowest BCUT2D eigenvalue weighted by Gasteiger charge is -2.36. The van der Waals surface area contributed by atoms with Crippen LogP contribution in [0.5, 0.6) is 0 Å². The number of benzene rings is 3. The largest absolute Gasteiger partial charge is 0.353 e. The monoisotopic (exact) mass is 322 g/mol. The quantitative estimate of drug-likeness (QED) is 0.655. The standard InChI is InChI=1S/C23H18N2/c1-4-10-19-16(7-1)17-8-2-5-11-20(17)23(19)24-21-12-6-3-9-18(21)22(25-23)15-13-14-15/h1-12,15,24H,13-14H2. The van der Waals surface area contributed by atoms with Crippen molar-refractivity contribution in [3.8, 4) is 11.1 Å². The minimum Gasteiger partial charge on any atom is -0.353 e. The Balaban J connectivity index is 1.70. The number of hydrogen-bond acceptors (Lipinski definition) is 2. The summed E-state index contributed by atoms with van der Waals surface area (Å²) in [6, 6.07) is 26.0. The second kappa shape index (κ2) is 4.60. The van der Waals surface area contributed by atoms with E-state index in [0.717, 1.165) is 0 Å². The van der Waals surface area contributed by atoms with Crippen LogP contribution in [0, 0.1) is 5.92 Å². The predicted molar refractivity (Wildman–Crippen MR) is 102 cm³/mol. The molecule has 3 aromatic carbocycles. The van der Waals surface area contributed by atoms with Crippen molar-refractivity contribution >= 4 is 11.4 Å². The van der Waals surface area contributed by atoms with Gasteiger partial charge in [0.2, 0.25) is 0 Å². The van der Waals surface area contributed by atoms with Gasteiger partial charge in [-0.25, -0.2) is 0 Å². The van der Waals surface area contributed by atoms with Crippen LogP contribution in [-0.4, -0.2) is 5.71 Å². The zero-order valence-electron chi connectivity index (χ0n) is 13.9. The zero-order valence-corrected chi connectivity index (χ0v) is 13.9. The molecule has 2 heteroatoms. The summed E-state index contributed by atoms with van der Waals surface area (Å²) in [6.07, 6.45) is 2.51. The molecule has 1 N–H and O–H groups in total. The molecular weight excluding hydrogens is 304 g/mol. The Kier molecular flexibility index (Phi) is 2.47. The molecule has 1 saturated carbocycles. The molecule has 1 spiro atoms. The van der Waals surface area contributed by atoms with E-state index in [1.54, 1.807) is 0 Å². The van der Waals surface area contributed by atoms with Gasteiger partial charge in [-0.05, 0) is 30.0 Å². The second-order valence-corrected chi connectivity index (χ2v) is 7.24. The first-order valence-corrected chi connectivity index (χ1v) is 9.03. The molecule has 25 heavy (non-hydrogen) atoms. The topological polar surface area (TPSA) is 24.4 Å². The first kappa shape index (κ1) is 13.4. The zero-order chi connectivity index (χ0) is 16.4. The van der Waals surface area contributed by atoms with Crippen molar-refractivity contribution in [1.29, 1.82) is 0 Å². The van der Waals surface area contributed by atoms with Gasteiger partial charge < -0.3 is 5.32 Å². The Morgan fingerprint density at radius 2 is 1.28 bits per heavy atom. The van der Waals surface area contributed by atoms with E-state index < -0.39 is 5.66 Å². The molecule has 1 heterocycles. The van der Waals surface area contributed by atoms with Gasteiger partial charge in [0, 0.05) is 28.3 Å². The van der Waals surface area contributed by atoms with Gasteiger partial charge in [0.25, 0.3) is 0 Å². The fourth-order valence-electron chi connectivity index (χ4n) is 4.41. The SMILES string of the molecule is c1ccc2c(c1)NC1(N=C2C2CC2)c2ccccc2-c2ccccc21. The van der Waals surface area contributed by atoms with Crippen molar-refractivity contribution < 1.29 is 0 Å². The van der Waals surface area contributed by atoms with Gasteiger partial charge in [0.15, 0.2) is 5.66 Å². The Hall–Kier alpha value is -2.87. The van der Waals surface area contributed by atoms with E-state index in [1.165, 1.54) is 52.1 Å². The predicted octanol–water partition coefficient (Wildman–Crippen LogP) is 5.19. The molecule has 0 radical (unpaired) electrons. The van der Waals surface area contributed by atoms with E-state index in [-0.39, 0.29) is 0 Å². The first-order valence-electron chi connectivity index (χ1n) is 9.03. The third-order valence-corrected chi connectivity index (χ3v) is 5.69. The van der Waals surface area contributed by atoms with Crippen LogP contribution in [0.3, 0.4) is 0 Å². The third-order valence-electron chi connectivity index (χ3n) is 5.69. The van der Waals surface area contributed by atoms with Crippen LogP contribution in [0.25, 0.3) is 11.1 Å². The number of rotatable bonds is 1.